The number of benzene rings is 2. The van der Waals surface area contributed by atoms with Crippen LogP contribution >= 0.6 is 0 Å². The molecule has 0 aliphatic heterocycles. The minimum Gasteiger partial charge on any atom is -0.492 e. The Morgan fingerprint density at radius 3 is 2.15 bits per heavy atom. The monoisotopic (exact) mass is 369 g/mol. The van der Waals surface area contributed by atoms with Gasteiger partial charge in [0, 0.05) is 0 Å². The van der Waals surface area contributed by atoms with Gasteiger partial charge in [-0.15, -0.1) is 0 Å². The van der Waals surface area contributed by atoms with Gasteiger partial charge >= 0.3 is 0 Å². The largest absolute Gasteiger partial charge is 0.492 e. The lowest BCUT2D eigenvalue weighted by atomic mass is 9.87. The second-order valence-electron chi connectivity index (χ2n) is 8.00. The van der Waals surface area contributed by atoms with Crippen molar-refractivity contribution < 1.29 is 14.3 Å². The van der Waals surface area contributed by atoms with Crippen LogP contribution in [0.2, 0.25) is 0 Å². The summed E-state index contributed by atoms with van der Waals surface area (Å²) in [6.45, 7) is 13.2. The minimum atomic E-state index is -0.558. The van der Waals surface area contributed by atoms with Gasteiger partial charge < -0.3 is 14.8 Å². The van der Waals surface area contributed by atoms with Crippen LogP contribution in [0.25, 0.3) is 0 Å². The van der Waals surface area contributed by atoms with Crippen molar-refractivity contribution in [3.63, 3.8) is 0 Å². The Morgan fingerprint density at radius 2 is 1.59 bits per heavy atom. The van der Waals surface area contributed by atoms with E-state index in [9.17, 15) is 4.79 Å². The van der Waals surface area contributed by atoms with Crippen LogP contribution in [0.15, 0.2) is 42.5 Å². The van der Waals surface area contributed by atoms with Gasteiger partial charge in [0.15, 0.2) is 6.10 Å². The molecule has 1 atom stereocenters. The molecule has 0 radical (unpaired) electrons. The van der Waals surface area contributed by atoms with Gasteiger partial charge in [-0.25, -0.2) is 0 Å². The van der Waals surface area contributed by atoms with E-state index in [1.165, 1.54) is 5.56 Å². The third kappa shape index (κ3) is 6.63. The lowest BCUT2D eigenvalue weighted by molar-refractivity contribution is -0.127. The van der Waals surface area contributed by atoms with Gasteiger partial charge in [-0.05, 0) is 67.1 Å². The predicted octanol–water partition coefficient (Wildman–Crippen LogP) is 4.56. The summed E-state index contributed by atoms with van der Waals surface area (Å²) in [4.78, 5) is 12.2. The summed E-state index contributed by atoms with van der Waals surface area (Å²) < 4.78 is 11.4. The number of carbonyl (C=O) groups is 1. The molecular weight excluding hydrogens is 338 g/mol. The Bertz CT molecular complexity index is 740. The molecule has 4 nitrogen and oxygen atoms in total. The highest BCUT2D eigenvalue weighted by atomic mass is 16.5. The zero-order valence-corrected chi connectivity index (χ0v) is 17.3. The van der Waals surface area contributed by atoms with Crippen LogP contribution in [0.1, 0.15) is 44.4 Å². The summed E-state index contributed by atoms with van der Waals surface area (Å²) in [6, 6.07) is 14.0. The van der Waals surface area contributed by atoms with Crippen molar-refractivity contribution in [1.82, 2.24) is 5.32 Å². The van der Waals surface area contributed by atoms with Crippen molar-refractivity contribution in [2.75, 3.05) is 13.2 Å². The first kappa shape index (κ1) is 20.8. The van der Waals surface area contributed by atoms with Crippen molar-refractivity contribution in [1.29, 1.82) is 0 Å². The molecule has 4 heteroatoms. The number of carbonyl (C=O) groups excluding carboxylic acids is 1. The maximum atomic E-state index is 12.2. The molecule has 2 aromatic rings. The number of amides is 1. The third-order valence-corrected chi connectivity index (χ3v) is 4.27. The van der Waals surface area contributed by atoms with Crippen molar-refractivity contribution in [3.8, 4) is 11.5 Å². The Morgan fingerprint density at radius 1 is 1.00 bits per heavy atom. The zero-order valence-electron chi connectivity index (χ0n) is 17.3. The molecule has 0 fully saturated rings. The van der Waals surface area contributed by atoms with E-state index in [1.807, 2.05) is 38.1 Å². The molecule has 0 aliphatic carbocycles. The average molecular weight is 370 g/mol. The number of nitrogens with one attached hydrogen (secondary N) is 1. The Hall–Kier alpha value is -2.49. The van der Waals surface area contributed by atoms with Gasteiger partial charge in [-0.2, -0.15) is 0 Å². The van der Waals surface area contributed by atoms with E-state index in [-0.39, 0.29) is 11.3 Å². The normalized spacial score (nSPS) is 12.4. The Kier molecular flexibility index (Phi) is 6.89. The number of ether oxygens (including phenoxy) is 2. The predicted molar refractivity (Wildman–Crippen MR) is 110 cm³/mol. The SMILES string of the molecule is Cc1cc(C)cc(OC(C)C(=O)NCCOc2ccc(C(C)(C)C)cc2)c1. The van der Waals surface area contributed by atoms with Crippen LogP contribution in [0, 0.1) is 13.8 Å². The van der Waals surface area contributed by atoms with Gasteiger partial charge in [0.2, 0.25) is 0 Å². The lowest BCUT2D eigenvalue weighted by Gasteiger charge is -2.19. The third-order valence-electron chi connectivity index (χ3n) is 4.27. The fourth-order valence-electron chi connectivity index (χ4n) is 2.80. The van der Waals surface area contributed by atoms with Crippen molar-refractivity contribution in [2.45, 2.75) is 53.1 Å². The molecule has 0 aliphatic rings. The van der Waals surface area contributed by atoms with Crippen LogP contribution in [0.3, 0.4) is 0 Å². The highest BCUT2D eigenvalue weighted by Gasteiger charge is 2.15. The molecule has 0 bridgehead atoms. The standard InChI is InChI=1S/C23H31NO3/c1-16-13-17(2)15-21(14-16)27-18(3)22(25)24-11-12-26-20-9-7-19(8-10-20)23(4,5)6/h7-10,13-15,18H,11-12H2,1-6H3,(H,24,25). The van der Waals surface area contributed by atoms with Crippen LogP contribution in [0.4, 0.5) is 0 Å². The molecule has 0 heterocycles. The van der Waals surface area contributed by atoms with E-state index in [1.54, 1.807) is 6.92 Å². The van der Waals surface area contributed by atoms with E-state index in [2.05, 4.69) is 44.3 Å². The summed E-state index contributed by atoms with van der Waals surface area (Å²) in [5.74, 6) is 1.36. The minimum absolute atomic E-state index is 0.123. The second-order valence-corrected chi connectivity index (χ2v) is 8.00. The molecule has 2 aromatic carbocycles. The molecule has 146 valence electrons. The van der Waals surface area contributed by atoms with E-state index in [0.29, 0.717) is 18.9 Å². The van der Waals surface area contributed by atoms with Crippen LogP contribution in [0.5, 0.6) is 11.5 Å². The second kappa shape index (κ2) is 8.94. The highest BCUT2D eigenvalue weighted by Crippen LogP contribution is 2.24. The molecule has 2 rings (SSSR count). The van der Waals surface area contributed by atoms with Crippen molar-refractivity contribution in [3.05, 3.63) is 59.2 Å². The zero-order chi connectivity index (χ0) is 20.0. The van der Waals surface area contributed by atoms with Crippen molar-refractivity contribution >= 4 is 5.91 Å². The van der Waals surface area contributed by atoms with Gasteiger partial charge in [0.1, 0.15) is 18.1 Å². The number of hydrogen-bond acceptors (Lipinski definition) is 3. The van der Waals surface area contributed by atoms with E-state index >= 15 is 0 Å². The molecule has 1 unspecified atom stereocenters. The quantitative estimate of drug-likeness (QED) is 0.728. The maximum absolute atomic E-state index is 12.2. The first-order valence-corrected chi connectivity index (χ1v) is 9.41. The van der Waals surface area contributed by atoms with Gasteiger partial charge in [-0.3, -0.25) is 4.79 Å². The fraction of sp³-hybridized carbons (Fsp3) is 0.435. The first-order valence-electron chi connectivity index (χ1n) is 9.41. The molecule has 1 N–H and O–H groups in total. The van der Waals surface area contributed by atoms with E-state index in [4.69, 9.17) is 9.47 Å². The Labute approximate surface area is 162 Å². The van der Waals surface area contributed by atoms with Crippen molar-refractivity contribution in [2.24, 2.45) is 0 Å². The van der Waals surface area contributed by atoms with Gasteiger partial charge in [0.25, 0.3) is 5.91 Å². The molecule has 1 amide bonds. The summed E-state index contributed by atoms with van der Waals surface area (Å²) >= 11 is 0. The van der Waals surface area contributed by atoms with E-state index < -0.39 is 6.10 Å². The van der Waals surface area contributed by atoms with Crippen LogP contribution in [-0.2, 0) is 10.2 Å². The first-order chi connectivity index (χ1) is 12.6. The van der Waals surface area contributed by atoms with Crippen LogP contribution < -0.4 is 14.8 Å². The molecule has 0 aromatic heterocycles. The molecular formula is C23H31NO3. The summed E-state index contributed by atoms with van der Waals surface area (Å²) in [6.07, 6.45) is -0.558. The van der Waals surface area contributed by atoms with Gasteiger partial charge in [0.05, 0.1) is 6.54 Å². The molecule has 0 spiro atoms. The Balaban J connectivity index is 1.75. The molecule has 27 heavy (non-hydrogen) atoms. The summed E-state index contributed by atoms with van der Waals surface area (Å²) in [5, 5.41) is 2.85. The topological polar surface area (TPSA) is 47.6 Å². The summed E-state index contributed by atoms with van der Waals surface area (Å²) in [5.41, 5.74) is 3.62. The number of rotatable bonds is 7. The average Bonchev–Trinajstić information content (AvgIpc) is 2.57. The van der Waals surface area contributed by atoms with Gasteiger partial charge in [-0.1, -0.05) is 39.0 Å². The maximum Gasteiger partial charge on any atom is 0.260 e. The smallest absolute Gasteiger partial charge is 0.260 e. The molecule has 0 saturated carbocycles. The van der Waals surface area contributed by atoms with E-state index in [0.717, 1.165) is 16.9 Å². The lowest BCUT2D eigenvalue weighted by Crippen LogP contribution is -2.38. The molecule has 0 saturated heterocycles. The fourth-order valence-corrected chi connectivity index (χ4v) is 2.80. The summed E-state index contributed by atoms with van der Waals surface area (Å²) in [7, 11) is 0. The van der Waals surface area contributed by atoms with Crippen LogP contribution in [-0.4, -0.2) is 25.2 Å². The number of aryl methyl sites for hydroxylation is 2. The highest BCUT2D eigenvalue weighted by molar-refractivity contribution is 5.80. The number of hydrogen-bond donors (Lipinski definition) is 1.